The summed E-state index contributed by atoms with van der Waals surface area (Å²) in [5, 5.41) is 7.12. The highest BCUT2D eigenvalue weighted by Gasteiger charge is 2.34. The van der Waals surface area contributed by atoms with Crippen molar-refractivity contribution in [3.05, 3.63) is 29.8 Å². The molecule has 6 heteroatoms. The van der Waals surface area contributed by atoms with Crippen molar-refractivity contribution >= 4 is 5.96 Å². The highest BCUT2D eigenvalue weighted by atomic mass is 16.5. The number of guanidine groups is 1. The Bertz CT molecular complexity index is 671. The van der Waals surface area contributed by atoms with Crippen LogP contribution in [0.1, 0.15) is 57.9 Å². The van der Waals surface area contributed by atoms with Crippen LogP contribution in [0.3, 0.4) is 0 Å². The van der Waals surface area contributed by atoms with Gasteiger partial charge in [0.25, 0.3) is 0 Å². The molecule has 31 heavy (non-hydrogen) atoms. The summed E-state index contributed by atoms with van der Waals surface area (Å²) < 4.78 is 11.3. The number of hydrogen-bond acceptors (Lipinski definition) is 4. The van der Waals surface area contributed by atoms with Crippen LogP contribution in [0, 0.1) is 0 Å². The monoisotopic (exact) mass is 430 g/mol. The van der Waals surface area contributed by atoms with Gasteiger partial charge in [0.15, 0.2) is 5.96 Å². The molecule has 1 aromatic carbocycles. The van der Waals surface area contributed by atoms with Gasteiger partial charge in [0.05, 0.1) is 6.61 Å². The number of hydrogen-bond donors (Lipinski definition) is 2. The van der Waals surface area contributed by atoms with E-state index in [1.165, 1.54) is 37.9 Å². The molecule has 3 rings (SSSR count). The SMILES string of the molecule is CCOc1ccc(C2(CNC(=NC)NCCCN3CCCCC3C)CCOCC2)cc1. The van der Waals surface area contributed by atoms with E-state index in [1.807, 2.05) is 14.0 Å². The fraction of sp³-hybridized carbons (Fsp3) is 0.720. The van der Waals surface area contributed by atoms with Crippen molar-refractivity contribution in [1.29, 1.82) is 0 Å². The lowest BCUT2D eigenvalue weighted by molar-refractivity contribution is 0.0513. The molecule has 174 valence electrons. The van der Waals surface area contributed by atoms with Gasteiger partial charge in [-0.25, -0.2) is 0 Å². The average molecular weight is 431 g/mol. The van der Waals surface area contributed by atoms with E-state index in [1.54, 1.807) is 0 Å². The summed E-state index contributed by atoms with van der Waals surface area (Å²) in [4.78, 5) is 7.09. The molecule has 2 saturated heterocycles. The maximum atomic E-state index is 5.68. The van der Waals surface area contributed by atoms with Crippen molar-refractivity contribution in [3.63, 3.8) is 0 Å². The zero-order valence-corrected chi connectivity index (χ0v) is 19.8. The molecule has 2 aliphatic rings. The van der Waals surface area contributed by atoms with Crippen molar-refractivity contribution in [2.75, 3.05) is 53.0 Å². The van der Waals surface area contributed by atoms with Gasteiger partial charge in [0.1, 0.15) is 5.75 Å². The molecule has 0 bridgehead atoms. The van der Waals surface area contributed by atoms with Crippen molar-refractivity contribution < 1.29 is 9.47 Å². The third-order valence-corrected chi connectivity index (χ3v) is 6.90. The number of likely N-dealkylation sites (tertiary alicyclic amines) is 1. The Morgan fingerprint density at radius 1 is 1.19 bits per heavy atom. The maximum absolute atomic E-state index is 5.68. The number of rotatable bonds is 9. The molecule has 0 amide bonds. The Balaban J connectivity index is 1.51. The molecule has 2 fully saturated rings. The van der Waals surface area contributed by atoms with Crippen LogP contribution >= 0.6 is 0 Å². The van der Waals surface area contributed by atoms with Gasteiger partial charge < -0.3 is 25.0 Å². The van der Waals surface area contributed by atoms with E-state index in [-0.39, 0.29) is 5.41 Å². The molecular formula is C25H42N4O2. The highest BCUT2D eigenvalue weighted by molar-refractivity contribution is 5.79. The molecule has 2 heterocycles. The number of aliphatic imine (C=N–C) groups is 1. The van der Waals surface area contributed by atoms with E-state index >= 15 is 0 Å². The number of piperidine rings is 1. The quantitative estimate of drug-likeness (QED) is 0.356. The molecule has 6 nitrogen and oxygen atoms in total. The zero-order valence-electron chi connectivity index (χ0n) is 19.8. The molecule has 2 N–H and O–H groups in total. The second kappa shape index (κ2) is 12.3. The normalized spacial score (nSPS) is 22.2. The van der Waals surface area contributed by atoms with Crippen LogP contribution in [0.5, 0.6) is 5.75 Å². The molecule has 0 spiro atoms. The van der Waals surface area contributed by atoms with Gasteiger partial charge in [-0.3, -0.25) is 4.99 Å². The van der Waals surface area contributed by atoms with Crippen LogP contribution in [0.4, 0.5) is 0 Å². The molecule has 1 aromatic rings. The summed E-state index contributed by atoms with van der Waals surface area (Å²) in [5.41, 5.74) is 1.41. The standard InChI is InChI=1S/C25H42N4O2/c1-4-31-23-11-9-22(10-12-23)25(13-18-30-19-14-25)20-28-24(26-3)27-15-7-17-29-16-6-5-8-21(29)2/h9-12,21H,4-8,13-20H2,1-3H3,(H2,26,27,28). The van der Waals surface area contributed by atoms with Gasteiger partial charge >= 0.3 is 0 Å². The van der Waals surface area contributed by atoms with E-state index in [4.69, 9.17) is 9.47 Å². The van der Waals surface area contributed by atoms with Gasteiger partial charge in [-0.05, 0) is 70.2 Å². The largest absolute Gasteiger partial charge is 0.494 e. The third kappa shape index (κ3) is 6.84. The van der Waals surface area contributed by atoms with Gasteiger partial charge in [0.2, 0.25) is 0 Å². The minimum Gasteiger partial charge on any atom is -0.494 e. The minimum absolute atomic E-state index is 0.0594. The second-order valence-corrected chi connectivity index (χ2v) is 8.94. The Hall–Kier alpha value is -1.79. The molecule has 0 radical (unpaired) electrons. The van der Waals surface area contributed by atoms with E-state index in [0.717, 1.165) is 63.3 Å². The summed E-state index contributed by atoms with van der Waals surface area (Å²) in [6.45, 7) is 10.9. The number of ether oxygens (including phenoxy) is 2. The smallest absolute Gasteiger partial charge is 0.191 e. The van der Waals surface area contributed by atoms with Crippen LogP contribution < -0.4 is 15.4 Å². The van der Waals surface area contributed by atoms with Crippen molar-refractivity contribution in [2.45, 2.75) is 63.8 Å². The number of benzene rings is 1. The number of nitrogens with one attached hydrogen (secondary N) is 2. The molecule has 1 unspecified atom stereocenters. The van der Waals surface area contributed by atoms with Gasteiger partial charge in [-0.2, -0.15) is 0 Å². The Morgan fingerprint density at radius 2 is 1.97 bits per heavy atom. The molecule has 0 aliphatic carbocycles. The van der Waals surface area contributed by atoms with Gasteiger partial charge in [-0.15, -0.1) is 0 Å². The van der Waals surface area contributed by atoms with Crippen molar-refractivity contribution in [3.8, 4) is 5.75 Å². The summed E-state index contributed by atoms with van der Waals surface area (Å²) in [6.07, 6.45) is 7.23. The first-order valence-electron chi connectivity index (χ1n) is 12.2. The number of nitrogens with zero attached hydrogens (tertiary/aromatic N) is 2. The van der Waals surface area contributed by atoms with Crippen LogP contribution in [0.2, 0.25) is 0 Å². The first-order chi connectivity index (χ1) is 15.2. The van der Waals surface area contributed by atoms with E-state index in [2.05, 4.69) is 51.7 Å². The Kier molecular flexibility index (Phi) is 9.47. The zero-order chi connectivity index (χ0) is 21.9. The Morgan fingerprint density at radius 3 is 2.65 bits per heavy atom. The lowest BCUT2D eigenvalue weighted by Gasteiger charge is -2.38. The van der Waals surface area contributed by atoms with Gasteiger partial charge in [-0.1, -0.05) is 18.6 Å². The maximum Gasteiger partial charge on any atom is 0.191 e. The average Bonchev–Trinajstić information content (AvgIpc) is 2.81. The molecule has 2 aliphatic heterocycles. The predicted molar refractivity (Wildman–Crippen MR) is 128 cm³/mol. The lowest BCUT2D eigenvalue weighted by Crippen LogP contribution is -2.48. The molecule has 0 aromatic heterocycles. The van der Waals surface area contributed by atoms with Crippen molar-refractivity contribution in [1.82, 2.24) is 15.5 Å². The van der Waals surface area contributed by atoms with E-state index in [9.17, 15) is 0 Å². The summed E-state index contributed by atoms with van der Waals surface area (Å²) in [6, 6.07) is 9.34. The van der Waals surface area contributed by atoms with Crippen LogP contribution in [-0.2, 0) is 10.2 Å². The highest BCUT2D eigenvalue weighted by Crippen LogP contribution is 2.35. The lowest BCUT2D eigenvalue weighted by atomic mass is 9.74. The summed E-state index contributed by atoms with van der Waals surface area (Å²) in [7, 11) is 1.86. The molecule has 0 saturated carbocycles. The van der Waals surface area contributed by atoms with E-state index in [0.29, 0.717) is 6.61 Å². The topological polar surface area (TPSA) is 58.1 Å². The van der Waals surface area contributed by atoms with Crippen molar-refractivity contribution in [2.24, 2.45) is 4.99 Å². The summed E-state index contributed by atoms with van der Waals surface area (Å²) in [5.74, 6) is 1.82. The Labute approximate surface area is 188 Å². The fourth-order valence-corrected chi connectivity index (χ4v) is 4.85. The second-order valence-electron chi connectivity index (χ2n) is 8.94. The van der Waals surface area contributed by atoms with Crippen LogP contribution in [0.15, 0.2) is 29.3 Å². The van der Waals surface area contributed by atoms with Crippen LogP contribution in [-0.4, -0.2) is 69.9 Å². The van der Waals surface area contributed by atoms with Gasteiger partial charge in [0, 0.05) is 51.4 Å². The van der Waals surface area contributed by atoms with E-state index < -0.39 is 0 Å². The first kappa shape index (κ1) is 23.9. The van der Waals surface area contributed by atoms with Crippen LogP contribution in [0.25, 0.3) is 0 Å². The summed E-state index contributed by atoms with van der Waals surface area (Å²) >= 11 is 0. The fourth-order valence-electron chi connectivity index (χ4n) is 4.85. The predicted octanol–water partition coefficient (Wildman–Crippen LogP) is 3.56. The molecule has 1 atom stereocenters. The molecular weight excluding hydrogens is 388 g/mol. The third-order valence-electron chi connectivity index (χ3n) is 6.90. The first-order valence-corrected chi connectivity index (χ1v) is 12.2. The minimum atomic E-state index is 0.0594.